The first kappa shape index (κ1) is 20.5. The largest absolute Gasteiger partial charge is 0.0885 e. The molecule has 2 aliphatic rings. The van der Waals surface area contributed by atoms with Gasteiger partial charge in [-0.2, -0.15) is 0 Å². The van der Waals surface area contributed by atoms with E-state index in [9.17, 15) is 0 Å². The molecule has 0 nitrogen and oxygen atoms in total. The van der Waals surface area contributed by atoms with Crippen molar-refractivity contribution in [3.63, 3.8) is 0 Å². The molecule has 2 rings (SSSR count). The van der Waals surface area contributed by atoms with Gasteiger partial charge in [-0.05, 0) is 51.7 Å². The molecule has 2 aliphatic carbocycles. The van der Waals surface area contributed by atoms with Gasteiger partial charge in [-0.1, -0.05) is 58.6 Å². The summed E-state index contributed by atoms with van der Waals surface area (Å²) in [4.78, 5) is 0. The first-order chi connectivity index (χ1) is 9.80. The normalized spacial score (nSPS) is 21.8. The molecule has 0 bridgehead atoms. The molecule has 0 atom stereocenters. The Morgan fingerprint density at radius 1 is 0.955 bits per heavy atom. The molecule has 0 unspecified atom stereocenters. The van der Waals surface area contributed by atoms with Gasteiger partial charge in [-0.25, -0.2) is 0 Å². The SMILES string of the molecule is CCC1(CC)C(C)=C([SiH2]C2=C(C)CC(Cl)=C2C)C(C)=C1Cl.[Ti]. The van der Waals surface area contributed by atoms with Crippen LogP contribution in [0.3, 0.4) is 0 Å². The zero-order valence-electron chi connectivity index (χ0n) is 14.6. The Labute approximate surface area is 162 Å². The number of halogens is 2. The Bertz CT molecular complexity index is 605. The zero-order chi connectivity index (χ0) is 15.9. The average Bonchev–Trinajstić information content (AvgIpc) is 2.80. The van der Waals surface area contributed by atoms with E-state index in [1.165, 1.54) is 22.3 Å². The number of hydrogen-bond acceptors (Lipinski definition) is 0. The number of allylic oxidation sites excluding steroid dienone is 8. The van der Waals surface area contributed by atoms with Crippen molar-refractivity contribution in [3.8, 4) is 0 Å². The summed E-state index contributed by atoms with van der Waals surface area (Å²) in [7, 11) is -0.502. The quantitative estimate of drug-likeness (QED) is 0.522. The second kappa shape index (κ2) is 7.57. The fourth-order valence-electron chi connectivity index (χ4n) is 4.00. The van der Waals surface area contributed by atoms with Crippen LogP contribution in [-0.4, -0.2) is 9.52 Å². The minimum absolute atomic E-state index is 0. The van der Waals surface area contributed by atoms with Crippen LogP contribution in [0.4, 0.5) is 0 Å². The smallest absolute Gasteiger partial charge is 0.0882 e. The predicted octanol–water partition coefficient (Wildman–Crippen LogP) is 5.95. The minimum atomic E-state index is -0.502. The molecule has 0 aromatic carbocycles. The molecule has 0 heterocycles. The van der Waals surface area contributed by atoms with Crippen LogP contribution in [0, 0.1) is 5.41 Å². The summed E-state index contributed by atoms with van der Waals surface area (Å²) in [5.41, 5.74) is 5.77. The van der Waals surface area contributed by atoms with E-state index in [2.05, 4.69) is 41.5 Å². The molecule has 120 valence electrons. The van der Waals surface area contributed by atoms with Gasteiger partial charge >= 0.3 is 0 Å². The van der Waals surface area contributed by atoms with Gasteiger partial charge in [0, 0.05) is 43.6 Å². The van der Waals surface area contributed by atoms with Crippen molar-refractivity contribution < 1.29 is 21.7 Å². The molecule has 0 radical (unpaired) electrons. The van der Waals surface area contributed by atoms with E-state index in [4.69, 9.17) is 23.2 Å². The molecular formula is C18H26Cl2SiTi. The fourth-order valence-corrected chi connectivity index (χ4v) is 7.36. The van der Waals surface area contributed by atoms with E-state index in [1.807, 2.05) is 0 Å². The zero-order valence-corrected chi connectivity index (χ0v) is 19.1. The molecule has 0 spiro atoms. The van der Waals surface area contributed by atoms with Crippen LogP contribution in [0.1, 0.15) is 60.8 Å². The van der Waals surface area contributed by atoms with Crippen molar-refractivity contribution in [2.45, 2.75) is 60.8 Å². The Hall–Kier alpha value is 0.471. The molecule has 22 heavy (non-hydrogen) atoms. The van der Waals surface area contributed by atoms with E-state index < -0.39 is 9.52 Å². The van der Waals surface area contributed by atoms with Gasteiger partial charge in [-0.3, -0.25) is 0 Å². The van der Waals surface area contributed by atoms with Crippen molar-refractivity contribution in [1.82, 2.24) is 0 Å². The third-order valence-electron chi connectivity index (χ3n) is 5.73. The van der Waals surface area contributed by atoms with Crippen LogP contribution in [0.5, 0.6) is 0 Å². The molecule has 0 saturated carbocycles. The summed E-state index contributed by atoms with van der Waals surface area (Å²) in [5, 5.41) is 5.26. The Morgan fingerprint density at radius 2 is 1.50 bits per heavy atom. The monoisotopic (exact) mass is 388 g/mol. The maximum atomic E-state index is 6.77. The summed E-state index contributed by atoms with van der Waals surface area (Å²) in [5.74, 6) is 0. The van der Waals surface area contributed by atoms with Crippen LogP contribution in [0.25, 0.3) is 0 Å². The van der Waals surface area contributed by atoms with E-state index in [1.54, 1.807) is 10.4 Å². The summed E-state index contributed by atoms with van der Waals surface area (Å²) >= 11 is 13.1. The van der Waals surface area contributed by atoms with Crippen LogP contribution in [-0.2, 0) is 21.7 Å². The Balaban J connectivity index is 0.00000242. The van der Waals surface area contributed by atoms with E-state index in [0.29, 0.717) is 0 Å². The van der Waals surface area contributed by atoms with Crippen molar-refractivity contribution in [2.75, 3.05) is 0 Å². The average molecular weight is 389 g/mol. The molecule has 0 saturated heterocycles. The molecule has 4 heteroatoms. The molecule has 0 fully saturated rings. The van der Waals surface area contributed by atoms with E-state index in [0.717, 1.165) is 29.3 Å². The van der Waals surface area contributed by atoms with Crippen LogP contribution in [0.2, 0.25) is 0 Å². The summed E-state index contributed by atoms with van der Waals surface area (Å²) in [6.45, 7) is 13.5. The Kier molecular flexibility index (Phi) is 7.06. The Morgan fingerprint density at radius 3 is 1.86 bits per heavy atom. The third kappa shape index (κ3) is 3.05. The van der Waals surface area contributed by atoms with Gasteiger partial charge in [0.2, 0.25) is 0 Å². The summed E-state index contributed by atoms with van der Waals surface area (Å²) in [6, 6.07) is 0. The van der Waals surface area contributed by atoms with Crippen molar-refractivity contribution in [2.24, 2.45) is 5.41 Å². The molecule has 0 aliphatic heterocycles. The van der Waals surface area contributed by atoms with Gasteiger partial charge in [0.15, 0.2) is 0 Å². The molecular weight excluding hydrogens is 363 g/mol. The molecule has 0 aromatic heterocycles. The maximum Gasteiger partial charge on any atom is 0.0882 e. The fraction of sp³-hybridized carbons (Fsp3) is 0.556. The molecule has 0 amide bonds. The van der Waals surface area contributed by atoms with Gasteiger partial charge in [0.05, 0.1) is 9.52 Å². The number of hydrogen-bond donors (Lipinski definition) is 0. The van der Waals surface area contributed by atoms with E-state index >= 15 is 0 Å². The second-order valence-electron chi connectivity index (χ2n) is 6.47. The van der Waals surface area contributed by atoms with Gasteiger partial charge < -0.3 is 0 Å². The molecule has 0 aromatic rings. The van der Waals surface area contributed by atoms with Crippen molar-refractivity contribution in [1.29, 1.82) is 0 Å². The van der Waals surface area contributed by atoms with Crippen LogP contribution < -0.4 is 0 Å². The van der Waals surface area contributed by atoms with Crippen molar-refractivity contribution >= 4 is 32.7 Å². The predicted molar refractivity (Wildman–Crippen MR) is 98.7 cm³/mol. The van der Waals surface area contributed by atoms with Gasteiger partial charge in [-0.15, -0.1) is 0 Å². The third-order valence-corrected chi connectivity index (χ3v) is 9.69. The first-order valence-corrected chi connectivity index (χ1v) is 10.1. The van der Waals surface area contributed by atoms with E-state index in [-0.39, 0.29) is 27.1 Å². The summed E-state index contributed by atoms with van der Waals surface area (Å²) < 4.78 is 0. The standard InChI is InChI=1S/C18H26Cl2Si.Ti/c1-7-18(8-2)13(6)16(12(5)17(18)20)21-15-10(3)9-14(19)11(15)4;/h7-9,21H2,1-6H3;. The number of rotatable bonds is 4. The van der Waals surface area contributed by atoms with Gasteiger partial charge in [0.25, 0.3) is 0 Å². The minimum Gasteiger partial charge on any atom is -0.0885 e. The maximum absolute atomic E-state index is 6.77. The molecule has 0 N–H and O–H groups in total. The topological polar surface area (TPSA) is 0 Å². The van der Waals surface area contributed by atoms with Crippen molar-refractivity contribution in [3.05, 3.63) is 42.7 Å². The van der Waals surface area contributed by atoms with Gasteiger partial charge in [0.1, 0.15) is 0 Å². The van der Waals surface area contributed by atoms with Crippen LogP contribution >= 0.6 is 23.2 Å². The summed E-state index contributed by atoms with van der Waals surface area (Å²) in [6.07, 6.45) is 3.14. The second-order valence-corrected chi connectivity index (χ2v) is 9.08. The van der Waals surface area contributed by atoms with Crippen LogP contribution in [0.15, 0.2) is 42.7 Å². The first-order valence-electron chi connectivity index (χ1n) is 7.91.